The number of likely N-dealkylation sites (tertiary alicyclic amines) is 1. The highest BCUT2D eigenvalue weighted by Crippen LogP contribution is 2.37. The molecule has 3 aromatic rings. The zero-order valence-electron chi connectivity index (χ0n) is 13.8. The van der Waals surface area contributed by atoms with E-state index in [1.54, 1.807) is 11.8 Å². The second-order valence-electron chi connectivity index (χ2n) is 6.40. The van der Waals surface area contributed by atoms with Crippen LogP contribution in [0.3, 0.4) is 0 Å². The molecular formula is C19H20ClN3OS. The summed E-state index contributed by atoms with van der Waals surface area (Å²) in [6, 6.07) is 12.0. The van der Waals surface area contributed by atoms with Crippen LogP contribution in [0, 0.1) is 0 Å². The second-order valence-corrected chi connectivity index (χ2v) is 7.92. The number of hydrogen-bond acceptors (Lipinski definition) is 4. The van der Waals surface area contributed by atoms with Gasteiger partial charge in [0.1, 0.15) is 5.65 Å². The van der Waals surface area contributed by atoms with Crippen molar-refractivity contribution in [1.29, 1.82) is 0 Å². The lowest BCUT2D eigenvalue weighted by Gasteiger charge is -2.29. The number of benzene rings is 1. The number of aromatic amines is 1. The van der Waals surface area contributed by atoms with E-state index in [-0.39, 0.29) is 6.10 Å². The maximum atomic E-state index is 9.72. The fraction of sp³-hybridized carbons (Fsp3) is 0.316. The molecule has 0 saturated carbocycles. The first kappa shape index (κ1) is 16.9. The molecule has 1 aliphatic rings. The van der Waals surface area contributed by atoms with E-state index >= 15 is 0 Å². The van der Waals surface area contributed by atoms with Crippen LogP contribution in [0.1, 0.15) is 18.5 Å². The van der Waals surface area contributed by atoms with Gasteiger partial charge in [0.05, 0.1) is 6.10 Å². The van der Waals surface area contributed by atoms with Gasteiger partial charge in [0.25, 0.3) is 0 Å². The van der Waals surface area contributed by atoms with Gasteiger partial charge < -0.3 is 10.1 Å². The fourth-order valence-electron chi connectivity index (χ4n) is 3.20. The summed E-state index contributed by atoms with van der Waals surface area (Å²) in [7, 11) is 0. The van der Waals surface area contributed by atoms with E-state index in [9.17, 15) is 5.11 Å². The highest BCUT2D eigenvalue weighted by molar-refractivity contribution is 7.99. The Bertz CT molecular complexity index is 857. The van der Waals surface area contributed by atoms with Crippen LogP contribution in [0.25, 0.3) is 11.0 Å². The topological polar surface area (TPSA) is 52.1 Å². The molecule has 1 aromatic carbocycles. The van der Waals surface area contributed by atoms with E-state index in [0.717, 1.165) is 53.4 Å². The van der Waals surface area contributed by atoms with Crippen molar-refractivity contribution in [2.45, 2.75) is 35.3 Å². The summed E-state index contributed by atoms with van der Waals surface area (Å²) in [5.74, 6) is 0. The van der Waals surface area contributed by atoms with E-state index in [4.69, 9.17) is 11.6 Å². The largest absolute Gasteiger partial charge is 0.393 e. The van der Waals surface area contributed by atoms with Crippen LogP contribution in [0.4, 0.5) is 0 Å². The van der Waals surface area contributed by atoms with Crippen LogP contribution in [-0.2, 0) is 6.54 Å². The zero-order chi connectivity index (χ0) is 17.2. The summed E-state index contributed by atoms with van der Waals surface area (Å²) in [5, 5.41) is 11.6. The molecule has 6 heteroatoms. The molecule has 3 heterocycles. The summed E-state index contributed by atoms with van der Waals surface area (Å²) in [4.78, 5) is 12.7. The van der Waals surface area contributed by atoms with Crippen molar-refractivity contribution in [2.75, 3.05) is 13.1 Å². The monoisotopic (exact) mass is 373 g/mol. The Kier molecular flexibility index (Phi) is 4.99. The van der Waals surface area contributed by atoms with Crippen LogP contribution in [0.5, 0.6) is 0 Å². The molecule has 4 nitrogen and oxygen atoms in total. The number of aliphatic hydroxyl groups is 1. The van der Waals surface area contributed by atoms with E-state index in [2.05, 4.69) is 20.9 Å². The molecule has 0 atom stereocenters. The molecule has 4 rings (SSSR count). The second kappa shape index (κ2) is 7.38. The number of pyridine rings is 1. The highest BCUT2D eigenvalue weighted by atomic mass is 35.5. The van der Waals surface area contributed by atoms with Gasteiger partial charge >= 0.3 is 0 Å². The van der Waals surface area contributed by atoms with Crippen molar-refractivity contribution in [3.63, 3.8) is 0 Å². The highest BCUT2D eigenvalue weighted by Gasteiger charge is 2.20. The van der Waals surface area contributed by atoms with Crippen molar-refractivity contribution in [3.05, 3.63) is 53.3 Å². The van der Waals surface area contributed by atoms with Gasteiger partial charge in [-0.25, -0.2) is 4.98 Å². The Morgan fingerprint density at radius 2 is 1.96 bits per heavy atom. The molecule has 1 fully saturated rings. The van der Waals surface area contributed by atoms with Gasteiger partial charge in [0.15, 0.2) is 0 Å². The molecule has 0 aliphatic carbocycles. The summed E-state index contributed by atoms with van der Waals surface area (Å²) in [6.07, 6.45) is 3.36. The van der Waals surface area contributed by atoms with Gasteiger partial charge in [-0.1, -0.05) is 23.4 Å². The number of rotatable bonds is 4. The van der Waals surface area contributed by atoms with E-state index in [1.807, 2.05) is 36.5 Å². The molecule has 0 spiro atoms. The molecule has 0 unspecified atom stereocenters. The van der Waals surface area contributed by atoms with Crippen molar-refractivity contribution < 1.29 is 5.11 Å². The number of fused-ring (bicyclic) bond motifs is 1. The van der Waals surface area contributed by atoms with Crippen LogP contribution >= 0.6 is 23.4 Å². The molecule has 0 bridgehead atoms. The van der Waals surface area contributed by atoms with Crippen molar-refractivity contribution >= 4 is 34.4 Å². The van der Waals surface area contributed by atoms with Gasteiger partial charge in [-0.2, -0.15) is 0 Å². The van der Waals surface area contributed by atoms with Crippen molar-refractivity contribution in [1.82, 2.24) is 14.9 Å². The Labute approximate surface area is 156 Å². The summed E-state index contributed by atoms with van der Waals surface area (Å²) >= 11 is 7.75. The number of aromatic nitrogens is 2. The number of piperidine rings is 1. The van der Waals surface area contributed by atoms with Gasteiger partial charge in [0.2, 0.25) is 0 Å². The number of H-pyrrole nitrogens is 1. The third-order valence-electron chi connectivity index (χ3n) is 4.57. The molecule has 0 amide bonds. The maximum absolute atomic E-state index is 9.72. The SMILES string of the molecule is OC1CCN(Cc2[nH]c3ncccc3c2Sc2ccc(Cl)cc2)CC1. The first-order valence-electron chi connectivity index (χ1n) is 8.48. The van der Waals surface area contributed by atoms with Crippen LogP contribution in [0.15, 0.2) is 52.4 Å². The summed E-state index contributed by atoms with van der Waals surface area (Å²) in [5.41, 5.74) is 2.11. The minimum absolute atomic E-state index is 0.149. The van der Waals surface area contributed by atoms with Crippen LogP contribution in [0.2, 0.25) is 5.02 Å². The lowest BCUT2D eigenvalue weighted by atomic mass is 10.1. The van der Waals surface area contributed by atoms with Crippen LogP contribution in [-0.4, -0.2) is 39.2 Å². The summed E-state index contributed by atoms with van der Waals surface area (Å²) < 4.78 is 0. The van der Waals surface area contributed by atoms with Gasteiger partial charge in [-0.05, 0) is 49.2 Å². The lowest BCUT2D eigenvalue weighted by molar-refractivity contribution is 0.0784. The van der Waals surface area contributed by atoms with Crippen molar-refractivity contribution in [3.8, 4) is 0 Å². The minimum atomic E-state index is -0.149. The smallest absolute Gasteiger partial charge is 0.138 e. The Morgan fingerprint density at radius 3 is 2.72 bits per heavy atom. The van der Waals surface area contributed by atoms with E-state index < -0.39 is 0 Å². The molecule has 0 radical (unpaired) electrons. The summed E-state index contributed by atoms with van der Waals surface area (Å²) in [6.45, 7) is 2.70. The molecular weight excluding hydrogens is 354 g/mol. The predicted molar refractivity (Wildman–Crippen MR) is 102 cm³/mol. The number of nitrogens with one attached hydrogen (secondary N) is 1. The fourth-order valence-corrected chi connectivity index (χ4v) is 4.35. The number of hydrogen-bond donors (Lipinski definition) is 2. The standard InChI is InChI=1S/C19H20ClN3OS/c20-13-3-5-15(6-4-13)25-18-16-2-1-9-21-19(16)22-17(18)12-23-10-7-14(24)8-11-23/h1-6,9,14,24H,7-8,10-12H2,(H,21,22). The zero-order valence-corrected chi connectivity index (χ0v) is 15.4. The minimum Gasteiger partial charge on any atom is -0.393 e. The van der Waals surface area contributed by atoms with Gasteiger partial charge in [-0.3, -0.25) is 4.90 Å². The lowest BCUT2D eigenvalue weighted by Crippen LogP contribution is -2.35. The molecule has 130 valence electrons. The first-order valence-corrected chi connectivity index (χ1v) is 9.68. The Hall–Kier alpha value is -1.53. The Morgan fingerprint density at radius 1 is 1.20 bits per heavy atom. The molecule has 1 aliphatic heterocycles. The third kappa shape index (κ3) is 3.85. The molecule has 25 heavy (non-hydrogen) atoms. The maximum Gasteiger partial charge on any atom is 0.138 e. The predicted octanol–water partition coefficient (Wildman–Crippen LogP) is 4.32. The van der Waals surface area contributed by atoms with E-state index in [0.29, 0.717) is 0 Å². The normalized spacial score (nSPS) is 16.6. The Balaban J connectivity index is 1.64. The molecule has 2 aromatic heterocycles. The average Bonchev–Trinajstić information content (AvgIpc) is 2.96. The van der Waals surface area contributed by atoms with E-state index in [1.165, 1.54) is 10.6 Å². The average molecular weight is 374 g/mol. The number of aliphatic hydroxyl groups excluding tert-OH is 1. The third-order valence-corrected chi connectivity index (χ3v) is 6.00. The molecule has 2 N–H and O–H groups in total. The first-order chi connectivity index (χ1) is 12.2. The van der Waals surface area contributed by atoms with Crippen LogP contribution < -0.4 is 0 Å². The number of nitrogens with zero attached hydrogens (tertiary/aromatic N) is 2. The number of halogens is 1. The van der Waals surface area contributed by atoms with Gasteiger partial charge in [0, 0.05) is 51.7 Å². The van der Waals surface area contributed by atoms with Gasteiger partial charge in [-0.15, -0.1) is 0 Å². The quantitative estimate of drug-likeness (QED) is 0.715. The van der Waals surface area contributed by atoms with Crippen molar-refractivity contribution in [2.24, 2.45) is 0 Å². The molecule has 1 saturated heterocycles.